The second-order valence-electron chi connectivity index (χ2n) is 5.43. The molecule has 1 aromatic rings. The van der Waals surface area contributed by atoms with Crippen molar-refractivity contribution in [1.82, 2.24) is 9.78 Å². The van der Waals surface area contributed by atoms with Crippen molar-refractivity contribution in [1.29, 1.82) is 0 Å². The molecule has 2 rings (SSSR count). The molecule has 4 nitrogen and oxygen atoms in total. The topological polar surface area (TPSA) is 55.9 Å². The molecule has 2 atom stereocenters. The minimum atomic E-state index is 0.553. The van der Waals surface area contributed by atoms with Crippen LogP contribution in [0.2, 0.25) is 0 Å². The molecule has 1 aliphatic carbocycles. The smallest absolute Gasteiger partial charge is 0.147 e. The Balaban J connectivity index is 2.04. The Morgan fingerprint density at radius 2 is 2.06 bits per heavy atom. The van der Waals surface area contributed by atoms with Crippen LogP contribution in [0.3, 0.4) is 0 Å². The molecule has 4 heteroatoms. The normalized spacial score (nSPS) is 25.6. The van der Waals surface area contributed by atoms with E-state index in [1.165, 1.54) is 32.1 Å². The van der Waals surface area contributed by atoms with E-state index in [0.29, 0.717) is 6.04 Å². The number of rotatable bonds is 2. The van der Waals surface area contributed by atoms with Crippen LogP contribution in [0.5, 0.6) is 0 Å². The van der Waals surface area contributed by atoms with Crippen molar-refractivity contribution >= 4 is 11.5 Å². The molecule has 0 aromatic carbocycles. The van der Waals surface area contributed by atoms with Gasteiger partial charge in [0, 0.05) is 13.1 Å². The lowest BCUT2D eigenvalue weighted by atomic mass is 10.0. The van der Waals surface area contributed by atoms with E-state index in [4.69, 9.17) is 5.73 Å². The summed E-state index contributed by atoms with van der Waals surface area (Å²) in [6, 6.07) is 0.553. The van der Waals surface area contributed by atoms with Gasteiger partial charge in [0.15, 0.2) is 0 Å². The molecule has 17 heavy (non-hydrogen) atoms. The van der Waals surface area contributed by atoms with Crippen LogP contribution >= 0.6 is 0 Å². The van der Waals surface area contributed by atoms with Crippen LogP contribution < -0.4 is 11.1 Å². The molecular weight excluding hydrogens is 212 g/mol. The molecular formula is C13H24N4. The number of hydrogen-bond donors (Lipinski definition) is 2. The second kappa shape index (κ2) is 4.98. The van der Waals surface area contributed by atoms with Gasteiger partial charge in [-0.2, -0.15) is 5.10 Å². The molecule has 0 saturated heterocycles. The standard InChI is InChI=1S/C13H24N4/c1-9-5-4-6-11(8-7-9)15-13-12(14)10(2)16-17(13)3/h9,11,15H,4-8,14H2,1-3H3. The van der Waals surface area contributed by atoms with Crippen LogP contribution in [0, 0.1) is 12.8 Å². The van der Waals surface area contributed by atoms with Crippen molar-refractivity contribution < 1.29 is 0 Å². The monoisotopic (exact) mass is 236 g/mol. The quantitative estimate of drug-likeness (QED) is 0.776. The van der Waals surface area contributed by atoms with Crippen LogP contribution in [0.4, 0.5) is 11.5 Å². The lowest BCUT2D eigenvalue weighted by Crippen LogP contribution is -2.21. The fraction of sp³-hybridized carbons (Fsp3) is 0.769. The third-order valence-corrected chi connectivity index (χ3v) is 3.87. The Labute approximate surface area is 104 Å². The zero-order valence-electron chi connectivity index (χ0n) is 11.2. The van der Waals surface area contributed by atoms with Crippen molar-refractivity contribution in [2.45, 2.75) is 52.0 Å². The summed E-state index contributed by atoms with van der Waals surface area (Å²) < 4.78 is 1.86. The van der Waals surface area contributed by atoms with Gasteiger partial charge in [-0.15, -0.1) is 0 Å². The third kappa shape index (κ3) is 2.73. The van der Waals surface area contributed by atoms with Crippen molar-refractivity contribution in [3.8, 4) is 0 Å². The number of nitrogens with zero attached hydrogens (tertiary/aromatic N) is 2. The number of anilines is 2. The van der Waals surface area contributed by atoms with Gasteiger partial charge >= 0.3 is 0 Å². The fourth-order valence-electron chi connectivity index (χ4n) is 2.67. The Bertz CT molecular complexity index is 383. The zero-order chi connectivity index (χ0) is 12.4. The Hall–Kier alpha value is -1.19. The Morgan fingerprint density at radius 1 is 1.29 bits per heavy atom. The molecule has 1 saturated carbocycles. The first kappa shape index (κ1) is 12.3. The second-order valence-corrected chi connectivity index (χ2v) is 5.43. The van der Waals surface area contributed by atoms with E-state index in [0.717, 1.165) is 23.1 Å². The number of hydrogen-bond acceptors (Lipinski definition) is 3. The molecule has 1 aromatic heterocycles. The minimum absolute atomic E-state index is 0.553. The molecule has 0 spiro atoms. The molecule has 3 N–H and O–H groups in total. The van der Waals surface area contributed by atoms with Crippen LogP contribution in [0.25, 0.3) is 0 Å². The number of nitrogens with one attached hydrogen (secondary N) is 1. The van der Waals surface area contributed by atoms with E-state index < -0.39 is 0 Å². The summed E-state index contributed by atoms with van der Waals surface area (Å²) in [7, 11) is 1.95. The van der Waals surface area contributed by atoms with Crippen LogP contribution in [-0.4, -0.2) is 15.8 Å². The maximum Gasteiger partial charge on any atom is 0.147 e. The highest BCUT2D eigenvalue weighted by Crippen LogP contribution is 2.27. The molecule has 1 fully saturated rings. The lowest BCUT2D eigenvalue weighted by molar-refractivity contribution is 0.501. The van der Waals surface area contributed by atoms with Crippen LogP contribution in [-0.2, 0) is 7.05 Å². The maximum absolute atomic E-state index is 6.04. The van der Waals surface area contributed by atoms with Gasteiger partial charge < -0.3 is 11.1 Å². The molecule has 0 aliphatic heterocycles. The van der Waals surface area contributed by atoms with Crippen molar-refractivity contribution in [3.63, 3.8) is 0 Å². The van der Waals surface area contributed by atoms with Crippen LogP contribution in [0.15, 0.2) is 0 Å². The molecule has 2 unspecified atom stereocenters. The predicted octanol–water partition coefficient (Wildman–Crippen LogP) is 2.69. The molecule has 0 bridgehead atoms. The van der Waals surface area contributed by atoms with E-state index in [1.54, 1.807) is 0 Å². The van der Waals surface area contributed by atoms with Crippen molar-refractivity contribution in [2.24, 2.45) is 13.0 Å². The summed E-state index contributed by atoms with van der Waals surface area (Å²) in [6.07, 6.45) is 6.47. The highest BCUT2D eigenvalue weighted by molar-refractivity contribution is 5.64. The Kier molecular flexibility index (Phi) is 3.60. The lowest BCUT2D eigenvalue weighted by Gasteiger charge is -2.18. The maximum atomic E-state index is 6.04. The molecule has 1 heterocycles. The summed E-state index contributed by atoms with van der Waals surface area (Å²) in [4.78, 5) is 0. The first-order valence-corrected chi connectivity index (χ1v) is 6.63. The predicted molar refractivity (Wildman–Crippen MR) is 72.0 cm³/mol. The van der Waals surface area contributed by atoms with E-state index in [1.807, 2.05) is 18.7 Å². The number of aromatic nitrogens is 2. The highest BCUT2D eigenvalue weighted by Gasteiger charge is 2.19. The molecule has 0 amide bonds. The van der Waals surface area contributed by atoms with Gasteiger partial charge in [0.2, 0.25) is 0 Å². The number of nitrogens with two attached hydrogens (primary N) is 1. The SMILES string of the molecule is Cc1nn(C)c(NC2CCCC(C)CC2)c1N. The highest BCUT2D eigenvalue weighted by atomic mass is 15.3. The van der Waals surface area contributed by atoms with Gasteiger partial charge in [-0.3, -0.25) is 4.68 Å². The first-order valence-electron chi connectivity index (χ1n) is 6.63. The average Bonchev–Trinajstić information content (AvgIpc) is 2.46. The van der Waals surface area contributed by atoms with E-state index in [-0.39, 0.29) is 0 Å². The van der Waals surface area contributed by atoms with Gasteiger partial charge in [-0.05, 0) is 32.1 Å². The Morgan fingerprint density at radius 3 is 2.71 bits per heavy atom. The summed E-state index contributed by atoms with van der Waals surface area (Å²) >= 11 is 0. The fourth-order valence-corrected chi connectivity index (χ4v) is 2.67. The number of nitrogen functional groups attached to an aromatic ring is 1. The van der Waals surface area contributed by atoms with Crippen LogP contribution in [0.1, 0.15) is 44.7 Å². The van der Waals surface area contributed by atoms with E-state index in [2.05, 4.69) is 17.3 Å². The summed E-state index contributed by atoms with van der Waals surface area (Å²) in [6.45, 7) is 4.31. The summed E-state index contributed by atoms with van der Waals surface area (Å²) in [5.41, 5.74) is 7.75. The molecule has 0 radical (unpaired) electrons. The zero-order valence-corrected chi connectivity index (χ0v) is 11.2. The first-order chi connectivity index (χ1) is 8.08. The third-order valence-electron chi connectivity index (χ3n) is 3.87. The summed E-state index contributed by atoms with van der Waals surface area (Å²) in [5.74, 6) is 1.86. The molecule has 96 valence electrons. The van der Waals surface area contributed by atoms with E-state index >= 15 is 0 Å². The largest absolute Gasteiger partial charge is 0.394 e. The van der Waals surface area contributed by atoms with Gasteiger partial charge in [-0.1, -0.05) is 19.8 Å². The average molecular weight is 236 g/mol. The summed E-state index contributed by atoms with van der Waals surface area (Å²) in [5, 5.41) is 7.92. The minimum Gasteiger partial charge on any atom is -0.394 e. The van der Waals surface area contributed by atoms with Gasteiger partial charge in [0.1, 0.15) is 5.82 Å². The molecule has 1 aliphatic rings. The van der Waals surface area contributed by atoms with Crippen molar-refractivity contribution in [3.05, 3.63) is 5.69 Å². The van der Waals surface area contributed by atoms with Crippen molar-refractivity contribution in [2.75, 3.05) is 11.1 Å². The van der Waals surface area contributed by atoms with Gasteiger partial charge in [0.25, 0.3) is 0 Å². The number of aryl methyl sites for hydroxylation is 2. The van der Waals surface area contributed by atoms with Gasteiger partial charge in [0.05, 0.1) is 11.4 Å². The van der Waals surface area contributed by atoms with Gasteiger partial charge in [-0.25, -0.2) is 0 Å². The van der Waals surface area contributed by atoms with E-state index in [9.17, 15) is 0 Å².